The van der Waals surface area contributed by atoms with Gasteiger partial charge in [0.1, 0.15) is 17.9 Å². The number of carbonyl (C=O) groups is 1. The molecule has 1 aromatic carbocycles. The zero-order chi connectivity index (χ0) is 18.2. The number of rotatable bonds is 7. The zero-order valence-electron chi connectivity index (χ0n) is 14.6. The lowest BCUT2D eigenvalue weighted by Crippen LogP contribution is -2.36. The van der Waals surface area contributed by atoms with Gasteiger partial charge in [-0.1, -0.05) is 18.2 Å². The summed E-state index contributed by atoms with van der Waals surface area (Å²) in [7, 11) is 1.64. The number of benzene rings is 1. The highest BCUT2D eigenvalue weighted by Crippen LogP contribution is 2.12. The van der Waals surface area contributed by atoms with Gasteiger partial charge in [-0.15, -0.1) is 0 Å². The maximum absolute atomic E-state index is 11.9. The summed E-state index contributed by atoms with van der Waals surface area (Å²) in [6.45, 7) is 0.971. The van der Waals surface area contributed by atoms with Crippen LogP contribution in [0.4, 0.5) is 4.79 Å². The molecule has 2 amide bonds. The van der Waals surface area contributed by atoms with Crippen LogP contribution in [0.2, 0.25) is 0 Å². The number of pyridine rings is 1. The van der Waals surface area contributed by atoms with Crippen molar-refractivity contribution in [1.82, 2.24) is 25.2 Å². The van der Waals surface area contributed by atoms with Gasteiger partial charge < -0.3 is 15.4 Å². The fourth-order valence-electron chi connectivity index (χ4n) is 2.46. The van der Waals surface area contributed by atoms with Crippen LogP contribution < -0.4 is 15.4 Å². The molecule has 0 saturated heterocycles. The molecular formula is C19H21N5O2. The SMILES string of the molecule is COc1cccc(CCNC(=O)NCc2ccc(-n3ccnc3)nc2)c1. The second-order valence-electron chi connectivity index (χ2n) is 5.71. The molecule has 0 spiro atoms. The minimum Gasteiger partial charge on any atom is -0.497 e. The van der Waals surface area contributed by atoms with Crippen LogP contribution in [0.3, 0.4) is 0 Å². The molecule has 0 aliphatic heterocycles. The molecule has 0 fully saturated rings. The minimum atomic E-state index is -0.202. The number of amides is 2. The monoisotopic (exact) mass is 351 g/mol. The zero-order valence-corrected chi connectivity index (χ0v) is 14.6. The van der Waals surface area contributed by atoms with E-state index in [4.69, 9.17) is 4.74 Å². The Morgan fingerprint density at radius 1 is 1.19 bits per heavy atom. The number of methoxy groups -OCH3 is 1. The van der Waals surface area contributed by atoms with E-state index in [1.165, 1.54) is 0 Å². The summed E-state index contributed by atoms with van der Waals surface area (Å²) >= 11 is 0. The number of carbonyl (C=O) groups excluding carboxylic acids is 1. The molecule has 0 bridgehead atoms. The van der Waals surface area contributed by atoms with Crippen LogP contribution in [0.15, 0.2) is 61.3 Å². The third-order valence-electron chi connectivity index (χ3n) is 3.86. The van der Waals surface area contributed by atoms with E-state index in [-0.39, 0.29) is 6.03 Å². The Labute approximate surface area is 152 Å². The lowest BCUT2D eigenvalue weighted by molar-refractivity contribution is 0.240. The molecule has 7 heteroatoms. The van der Waals surface area contributed by atoms with Gasteiger partial charge in [0.2, 0.25) is 0 Å². The fraction of sp³-hybridized carbons (Fsp3) is 0.211. The number of urea groups is 1. The number of hydrogen-bond acceptors (Lipinski definition) is 4. The molecule has 0 aliphatic rings. The van der Waals surface area contributed by atoms with Crippen molar-refractivity contribution in [3.63, 3.8) is 0 Å². The van der Waals surface area contributed by atoms with Crippen LogP contribution >= 0.6 is 0 Å². The summed E-state index contributed by atoms with van der Waals surface area (Å²) < 4.78 is 7.01. The van der Waals surface area contributed by atoms with Crippen LogP contribution in [0.25, 0.3) is 5.82 Å². The molecule has 3 aromatic rings. The Kier molecular flexibility index (Phi) is 5.82. The normalized spacial score (nSPS) is 10.3. The van der Waals surface area contributed by atoms with Crippen molar-refractivity contribution >= 4 is 6.03 Å². The Morgan fingerprint density at radius 3 is 2.85 bits per heavy atom. The highest BCUT2D eigenvalue weighted by molar-refractivity contribution is 5.73. The molecule has 0 aliphatic carbocycles. The molecule has 0 unspecified atom stereocenters. The first kappa shape index (κ1) is 17.5. The van der Waals surface area contributed by atoms with Crippen molar-refractivity contribution in [3.8, 4) is 11.6 Å². The van der Waals surface area contributed by atoms with E-state index in [0.29, 0.717) is 13.1 Å². The summed E-state index contributed by atoms with van der Waals surface area (Å²) in [5.41, 5.74) is 2.04. The summed E-state index contributed by atoms with van der Waals surface area (Å²) in [6.07, 6.45) is 7.71. The summed E-state index contributed by atoms with van der Waals surface area (Å²) in [6, 6.07) is 11.4. The summed E-state index contributed by atoms with van der Waals surface area (Å²) in [4.78, 5) is 20.3. The van der Waals surface area contributed by atoms with E-state index in [9.17, 15) is 4.79 Å². The van der Waals surface area contributed by atoms with E-state index in [2.05, 4.69) is 20.6 Å². The Morgan fingerprint density at radius 2 is 2.12 bits per heavy atom. The third-order valence-corrected chi connectivity index (χ3v) is 3.86. The molecule has 0 saturated carbocycles. The van der Waals surface area contributed by atoms with E-state index >= 15 is 0 Å². The first-order chi connectivity index (χ1) is 12.7. The molecule has 7 nitrogen and oxygen atoms in total. The first-order valence-electron chi connectivity index (χ1n) is 8.32. The van der Waals surface area contributed by atoms with Crippen LogP contribution in [0.5, 0.6) is 5.75 Å². The number of aromatic nitrogens is 3. The molecule has 2 N–H and O–H groups in total. The summed E-state index contributed by atoms with van der Waals surface area (Å²) in [5.74, 6) is 1.60. The van der Waals surface area contributed by atoms with E-state index in [0.717, 1.165) is 29.1 Å². The Bertz CT molecular complexity index is 831. The fourth-order valence-corrected chi connectivity index (χ4v) is 2.46. The van der Waals surface area contributed by atoms with E-state index in [1.54, 1.807) is 25.8 Å². The number of ether oxygens (including phenoxy) is 1. The predicted molar refractivity (Wildman–Crippen MR) is 98.3 cm³/mol. The van der Waals surface area contributed by atoms with Crippen LogP contribution in [0.1, 0.15) is 11.1 Å². The molecule has 2 aromatic heterocycles. The predicted octanol–water partition coefficient (Wildman–Crippen LogP) is 2.32. The van der Waals surface area contributed by atoms with Crippen molar-refractivity contribution < 1.29 is 9.53 Å². The molecule has 2 heterocycles. The average molecular weight is 351 g/mol. The maximum Gasteiger partial charge on any atom is 0.315 e. The second-order valence-corrected chi connectivity index (χ2v) is 5.71. The smallest absolute Gasteiger partial charge is 0.315 e. The number of nitrogens with zero attached hydrogens (tertiary/aromatic N) is 3. The number of nitrogens with one attached hydrogen (secondary N) is 2. The summed E-state index contributed by atoms with van der Waals surface area (Å²) in [5, 5.41) is 5.68. The number of hydrogen-bond donors (Lipinski definition) is 2. The Balaban J connectivity index is 1.41. The molecule has 26 heavy (non-hydrogen) atoms. The van der Waals surface area contributed by atoms with Gasteiger partial charge in [-0.25, -0.2) is 14.8 Å². The molecule has 0 atom stereocenters. The highest BCUT2D eigenvalue weighted by atomic mass is 16.5. The molecule has 0 radical (unpaired) electrons. The highest BCUT2D eigenvalue weighted by Gasteiger charge is 2.03. The first-order valence-corrected chi connectivity index (χ1v) is 8.32. The van der Waals surface area contributed by atoms with Gasteiger partial charge in [-0.05, 0) is 35.7 Å². The van der Waals surface area contributed by atoms with Crippen molar-refractivity contribution in [2.75, 3.05) is 13.7 Å². The lowest BCUT2D eigenvalue weighted by Gasteiger charge is -2.09. The van der Waals surface area contributed by atoms with Gasteiger partial charge in [0, 0.05) is 31.7 Å². The van der Waals surface area contributed by atoms with Crippen LogP contribution in [0, 0.1) is 0 Å². The van der Waals surface area contributed by atoms with E-state index < -0.39 is 0 Å². The van der Waals surface area contributed by atoms with Crippen molar-refractivity contribution in [2.45, 2.75) is 13.0 Å². The van der Waals surface area contributed by atoms with Gasteiger partial charge in [-0.2, -0.15) is 0 Å². The third kappa shape index (κ3) is 4.83. The topological polar surface area (TPSA) is 81.1 Å². The minimum absolute atomic E-state index is 0.202. The van der Waals surface area contributed by atoms with E-state index in [1.807, 2.05) is 47.2 Å². The van der Waals surface area contributed by atoms with Crippen LogP contribution in [-0.2, 0) is 13.0 Å². The van der Waals surface area contributed by atoms with Crippen molar-refractivity contribution in [2.24, 2.45) is 0 Å². The van der Waals surface area contributed by atoms with Crippen molar-refractivity contribution in [3.05, 3.63) is 72.4 Å². The Hall–Kier alpha value is -3.35. The van der Waals surface area contributed by atoms with Gasteiger partial charge in [0.15, 0.2) is 0 Å². The quantitative estimate of drug-likeness (QED) is 0.684. The second kappa shape index (κ2) is 8.66. The average Bonchev–Trinajstić information content (AvgIpc) is 3.22. The lowest BCUT2D eigenvalue weighted by atomic mass is 10.1. The molecule has 3 rings (SSSR count). The molecular weight excluding hydrogens is 330 g/mol. The largest absolute Gasteiger partial charge is 0.497 e. The van der Waals surface area contributed by atoms with Gasteiger partial charge in [0.25, 0.3) is 0 Å². The standard InChI is InChI=1S/C19H21N5O2/c1-26-17-4-2-3-15(11-17)7-8-21-19(25)23-13-16-5-6-18(22-12-16)24-10-9-20-14-24/h2-6,9-12,14H,7-8,13H2,1H3,(H2,21,23,25). The molecule has 134 valence electrons. The maximum atomic E-state index is 11.9. The van der Waals surface area contributed by atoms with Crippen LogP contribution in [-0.4, -0.2) is 34.2 Å². The van der Waals surface area contributed by atoms with Gasteiger partial charge in [-0.3, -0.25) is 4.57 Å². The van der Waals surface area contributed by atoms with Crippen molar-refractivity contribution in [1.29, 1.82) is 0 Å². The van der Waals surface area contributed by atoms with Gasteiger partial charge >= 0.3 is 6.03 Å². The van der Waals surface area contributed by atoms with Gasteiger partial charge in [0.05, 0.1) is 7.11 Å². The number of imidazole rings is 1.